The van der Waals surface area contributed by atoms with E-state index in [2.05, 4.69) is 20.7 Å². The van der Waals surface area contributed by atoms with Gasteiger partial charge in [0.2, 0.25) is 0 Å². The van der Waals surface area contributed by atoms with Crippen LogP contribution in [-0.2, 0) is 10.0 Å². The van der Waals surface area contributed by atoms with Gasteiger partial charge in [-0.1, -0.05) is 27.5 Å². The van der Waals surface area contributed by atoms with E-state index in [9.17, 15) is 8.42 Å². The molecule has 2 rings (SSSR count). The maximum atomic E-state index is 12.4. The second-order valence-corrected chi connectivity index (χ2v) is 8.08. The van der Waals surface area contributed by atoms with Gasteiger partial charge in [-0.15, -0.1) is 0 Å². The number of sulfonamides is 1. The lowest BCUT2D eigenvalue weighted by atomic mass is 10.3. The van der Waals surface area contributed by atoms with E-state index in [1.165, 1.54) is 12.1 Å². The van der Waals surface area contributed by atoms with Crippen molar-refractivity contribution >= 4 is 71.5 Å². The smallest absolute Gasteiger partial charge is 0.264 e. The average Bonchev–Trinajstić information content (AvgIpc) is 2.35. The van der Waals surface area contributed by atoms with Gasteiger partial charge in [0.05, 0.1) is 11.4 Å². The minimum atomic E-state index is -3.75. The van der Waals surface area contributed by atoms with E-state index in [1.807, 2.05) is 22.6 Å². The highest BCUT2D eigenvalue weighted by Gasteiger charge is 2.19. The molecule has 2 aromatic rings. The number of nitrogens with two attached hydrogens (primary N) is 1. The van der Waals surface area contributed by atoms with Gasteiger partial charge < -0.3 is 5.73 Å². The predicted octanol–water partition coefficient (Wildman–Crippen LogP) is 4.09. The summed E-state index contributed by atoms with van der Waals surface area (Å²) >= 11 is 11.1. The Bertz CT molecular complexity index is 768. The molecule has 106 valence electrons. The summed E-state index contributed by atoms with van der Waals surface area (Å²) in [4.78, 5) is 0.0256. The summed E-state index contributed by atoms with van der Waals surface area (Å²) in [5.74, 6) is 0. The summed E-state index contributed by atoms with van der Waals surface area (Å²) in [7, 11) is -3.75. The lowest BCUT2D eigenvalue weighted by Gasteiger charge is -2.12. The van der Waals surface area contributed by atoms with Crippen molar-refractivity contribution < 1.29 is 8.42 Å². The molecule has 0 aliphatic carbocycles. The molecule has 0 radical (unpaired) electrons. The van der Waals surface area contributed by atoms with Crippen LogP contribution in [0.1, 0.15) is 0 Å². The highest BCUT2D eigenvalue weighted by molar-refractivity contribution is 14.1. The van der Waals surface area contributed by atoms with Crippen molar-refractivity contribution in [3.05, 3.63) is 49.5 Å². The number of halogens is 3. The van der Waals surface area contributed by atoms with Crippen LogP contribution in [0.4, 0.5) is 11.4 Å². The predicted molar refractivity (Wildman–Crippen MR) is 93.5 cm³/mol. The highest BCUT2D eigenvalue weighted by atomic mass is 127. The number of nitrogen functional groups attached to an aromatic ring is 1. The quantitative estimate of drug-likeness (QED) is 0.506. The highest BCUT2D eigenvalue weighted by Crippen LogP contribution is 2.28. The van der Waals surface area contributed by atoms with Crippen LogP contribution in [-0.4, -0.2) is 8.42 Å². The van der Waals surface area contributed by atoms with Crippen molar-refractivity contribution in [1.29, 1.82) is 0 Å². The van der Waals surface area contributed by atoms with Crippen LogP contribution in [0.2, 0.25) is 5.02 Å². The number of hydrogen-bond acceptors (Lipinski definition) is 3. The Kier molecular flexibility index (Phi) is 4.83. The molecule has 20 heavy (non-hydrogen) atoms. The molecule has 2 aromatic carbocycles. The molecule has 0 fully saturated rings. The summed E-state index contributed by atoms with van der Waals surface area (Å²) in [6.07, 6.45) is 0. The molecule has 0 unspecified atom stereocenters. The second kappa shape index (κ2) is 6.08. The Hall–Kier alpha value is -0.510. The van der Waals surface area contributed by atoms with Crippen molar-refractivity contribution in [2.45, 2.75) is 4.90 Å². The second-order valence-electron chi connectivity index (χ2n) is 3.91. The molecule has 0 atom stereocenters. The van der Waals surface area contributed by atoms with E-state index in [4.69, 9.17) is 17.3 Å². The fourth-order valence-corrected chi connectivity index (χ4v) is 4.45. The number of anilines is 2. The SMILES string of the molecule is Nc1ccc(Br)cc1S(=O)(=O)Nc1ccc(Cl)cc1I. The van der Waals surface area contributed by atoms with Crippen molar-refractivity contribution in [2.24, 2.45) is 0 Å². The molecular formula is C12H9BrClIN2O2S. The van der Waals surface area contributed by atoms with E-state index in [-0.39, 0.29) is 10.6 Å². The maximum Gasteiger partial charge on any atom is 0.264 e. The number of rotatable bonds is 3. The van der Waals surface area contributed by atoms with E-state index in [1.54, 1.807) is 24.3 Å². The lowest BCUT2D eigenvalue weighted by Crippen LogP contribution is -2.15. The van der Waals surface area contributed by atoms with Gasteiger partial charge >= 0.3 is 0 Å². The molecular weight excluding hydrogens is 478 g/mol. The molecule has 0 heterocycles. The maximum absolute atomic E-state index is 12.4. The van der Waals surface area contributed by atoms with Gasteiger partial charge in [-0.25, -0.2) is 8.42 Å². The molecule has 0 bridgehead atoms. The zero-order valence-electron chi connectivity index (χ0n) is 9.90. The number of benzene rings is 2. The van der Waals surface area contributed by atoms with Crippen LogP contribution in [0.25, 0.3) is 0 Å². The Morgan fingerprint density at radius 3 is 2.55 bits per heavy atom. The summed E-state index contributed by atoms with van der Waals surface area (Å²) in [6, 6.07) is 9.57. The Labute approximate surface area is 144 Å². The molecule has 0 aromatic heterocycles. The standard InChI is InChI=1S/C12H9BrClIN2O2S/c13-7-1-3-10(16)12(5-7)20(18,19)17-11-4-2-8(14)6-9(11)15/h1-6,17H,16H2. The van der Waals surface area contributed by atoms with Crippen molar-refractivity contribution in [1.82, 2.24) is 0 Å². The van der Waals surface area contributed by atoms with Crippen LogP contribution in [0, 0.1) is 3.57 Å². The first kappa shape index (κ1) is 15.9. The van der Waals surface area contributed by atoms with Crippen LogP contribution < -0.4 is 10.5 Å². The molecule has 0 aliphatic heterocycles. The third-order valence-corrected chi connectivity index (χ3v) is 5.48. The van der Waals surface area contributed by atoms with Crippen LogP contribution >= 0.6 is 50.1 Å². The average molecular weight is 488 g/mol. The summed E-state index contributed by atoms with van der Waals surface area (Å²) in [5.41, 5.74) is 6.37. The molecule has 0 saturated heterocycles. The summed E-state index contributed by atoms with van der Waals surface area (Å²) < 4.78 is 28.6. The van der Waals surface area contributed by atoms with E-state index >= 15 is 0 Å². The first-order chi connectivity index (χ1) is 9.29. The molecule has 0 spiro atoms. The van der Waals surface area contributed by atoms with Gasteiger partial charge in [0, 0.05) is 13.1 Å². The Morgan fingerprint density at radius 2 is 1.90 bits per heavy atom. The first-order valence-electron chi connectivity index (χ1n) is 5.32. The van der Waals surface area contributed by atoms with Crippen molar-refractivity contribution in [3.8, 4) is 0 Å². The topological polar surface area (TPSA) is 72.2 Å². The van der Waals surface area contributed by atoms with Crippen LogP contribution in [0.3, 0.4) is 0 Å². The molecule has 0 aliphatic rings. The fourth-order valence-electron chi connectivity index (χ4n) is 1.51. The minimum Gasteiger partial charge on any atom is -0.398 e. The van der Waals surface area contributed by atoms with Gasteiger partial charge in [0.1, 0.15) is 4.90 Å². The van der Waals surface area contributed by atoms with Gasteiger partial charge in [0.15, 0.2) is 0 Å². The van der Waals surface area contributed by atoms with Gasteiger partial charge in [-0.3, -0.25) is 4.72 Å². The summed E-state index contributed by atoms with van der Waals surface area (Å²) in [5, 5.41) is 0.541. The van der Waals surface area contributed by atoms with Crippen LogP contribution in [0.5, 0.6) is 0 Å². The molecule has 0 amide bonds. The molecule has 3 N–H and O–H groups in total. The normalized spacial score (nSPS) is 11.3. The summed E-state index contributed by atoms with van der Waals surface area (Å²) in [6.45, 7) is 0. The zero-order chi connectivity index (χ0) is 14.9. The monoisotopic (exact) mass is 486 g/mol. The van der Waals surface area contributed by atoms with E-state index in [0.29, 0.717) is 18.8 Å². The van der Waals surface area contributed by atoms with Crippen molar-refractivity contribution in [3.63, 3.8) is 0 Å². The number of hydrogen-bond donors (Lipinski definition) is 2. The van der Waals surface area contributed by atoms with E-state index < -0.39 is 10.0 Å². The molecule has 0 saturated carbocycles. The van der Waals surface area contributed by atoms with Gasteiger partial charge in [0.25, 0.3) is 10.0 Å². The third kappa shape index (κ3) is 3.57. The molecule has 8 heteroatoms. The van der Waals surface area contributed by atoms with Gasteiger partial charge in [-0.2, -0.15) is 0 Å². The first-order valence-corrected chi connectivity index (χ1v) is 9.06. The molecule has 4 nitrogen and oxygen atoms in total. The Balaban J connectivity index is 2.43. The largest absolute Gasteiger partial charge is 0.398 e. The minimum absolute atomic E-state index is 0.0256. The lowest BCUT2D eigenvalue weighted by molar-refractivity contribution is 0.601. The fraction of sp³-hybridized carbons (Fsp3) is 0. The van der Waals surface area contributed by atoms with E-state index in [0.717, 1.165) is 0 Å². The van der Waals surface area contributed by atoms with Crippen LogP contribution in [0.15, 0.2) is 45.8 Å². The van der Waals surface area contributed by atoms with Gasteiger partial charge in [-0.05, 0) is 59.0 Å². The number of nitrogens with one attached hydrogen (secondary N) is 1. The third-order valence-electron chi connectivity index (χ3n) is 2.44. The van der Waals surface area contributed by atoms with Crippen molar-refractivity contribution in [2.75, 3.05) is 10.5 Å². The zero-order valence-corrected chi connectivity index (χ0v) is 15.2. The Morgan fingerprint density at radius 1 is 1.20 bits per heavy atom.